The molecular weight excluding hydrogens is 223 g/mol. The Balaban J connectivity index is 2.11. The Hall–Kier alpha value is 0.280. The van der Waals surface area contributed by atoms with E-state index < -0.39 is 0 Å². The van der Waals surface area contributed by atoms with Crippen LogP contribution in [-0.2, 0) is 0 Å². The molecule has 1 fully saturated rings. The highest BCUT2D eigenvalue weighted by Crippen LogP contribution is 2.60. The first kappa shape index (κ1) is 9.82. The summed E-state index contributed by atoms with van der Waals surface area (Å²) in [5, 5.41) is 0.160. The van der Waals surface area contributed by atoms with Gasteiger partial charge in [-0.1, -0.05) is 25.4 Å². The van der Waals surface area contributed by atoms with E-state index >= 15 is 0 Å². The van der Waals surface area contributed by atoms with E-state index in [1.807, 2.05) is 12.1 Å². The third kappa shape index (κ3) is 1.88. The fraction of sp³-hybridized carbons (Fsp3) is 0.600. The average Bonchev–Trinajstić information content (AvgIpc) is 2.47. The standard InChI is InChI=1S/C10H12Cl2S/c1-10(2)5-6(10)9(12)7-3-4-8(11)13-7/h3-4,6,9H,5H2,1-2H3. The zero-order chi connectivity index (χ0) is 9.64. The molecule has 1 aromatic heterocycles. The second kappa shape index (κ2) is 3.15. The minimum absolute atomic E-state index is 0.160. The third-order valence-corrected chi connectivity index (χ3v) is 4.79. The van der Waals surface area contributed by atoms with Crippen LogP contribution < -0.4 is 0 Å². The lowest BCUT2D eigenvalue weighted by atomic mass is 10.1. The lowest BCUT2D eigenvalue weighted by Gasteiger charge is -2.08. The highest BCUT2D eigenvalue weighted by Gasteiger charge is 2.50. The van der Waals surface area contributed by atoms with Crippen molar-refractivity contribution < 1.29 is 0 Å². The first-order valence-corrected chi connectivity index (χ1v) is 6.03. The van der Waals surface area contributed by atoms with Gasteiger partial charge < -0.3 is 0 Å². The summed E-state index contributed by atoms with van der Waals surface area (Å²) in [5.41, 5.74) is 0.433. The van der Waals surface area contributed by atoms with Gasteiger partial charge in [0.15, 0.2) is 0 Å². The lowest BCUT2D eigenvalue weighted by Crippen LogP contribution is -1.96. The zero-order valence-corrected chi connectivity index (χ0v) is 10.0. The first-order chi connectivity index (χ1) is 6.00. The molecule has 0 aromatic carbocycles. The molecule has 2 rings (SSSR count). The normalized spacial score (nSPS) is 27.2. The number of alkyl halides is 1. The van der Waals surface area contributed by atoms with E-state index in [2.05, 4.69) is 13.8 Å². The van der Waals surface area contributed by atoms with Crippen LogP contribution in [0, 0.1) is 11.3 Å². The molecule has 1 saturated carbocycles. The maximum Gasteiger partial charge on any atom is 0.0931 e. The lowest BCUT2D eigenvalue weighted by molar-refractivity contribution is 0.551. The van der Waals surface area contributed by atoms with Crippen LogP contribution >= 0.6 is 34.5 Å². The van der Waals surface area contributed by atoms with Crippen molar-refractivity contribution in [3.8, 4) is 0 Å². The predicted octanol–water partition coefficient (Wildman–Crippen LogP) is 4.73. The topological polar surface area (TPSA) is 0 Å². The summed E-state index contributed by atoms with van der Waals surface area (Å²) < 4.78 is 0.833. The van der Waals surface area contributed by atoms with Gasteiger partial charge in [0.1, 0.15) is 0 Å². The molecule has 2 unspecified atom stereocenters. The number of hydrogen-bond acceptors (Lipinski definition) is 1. The summed E-state index contributed by atoms with van der Waals surface area (Å²) in [6.45, 7) is 4.53. The molecule has 0 amide bonds. The summed E-state index contributed by atoms with van der Waals surface area (Å²) >= 11 is 13.8. The van der Waals surface area contributed by atoms with Gasteiger partial charge in [-0.15, -0.1) is 22.9 Å². The van der Waals surface area contributed by atoms with Crippen LogP contribution in [0.15, 0.2) is 12.1 Å². The fourth-order valence-electron chi connectivity index (χ4n) is 1.68. The van der Waals surface area contributed by atoms with E-state index in [9.17, 15) is 0 Å². The van der Waals surface area contributed by atoms with Crippen LogP contribution in [-0.4, -0.2) is 0 Å². The van der Waals surface area contributed by atoms with Crippen molar-refractivity contribution in [3.63, 3.8) is 0 Å². The van der Waals surface area contributed by atoms with Gasteiger partial charge in [-0.2, -0.15) is 0 Å². The molecule has 0 aliphatic heterocycles. The van der Waals surface area contributed by atoms with Gasteiger partial charge in [0.25, 0.3) is 0 Å². The Morgan fingerprint density at radius 3 is 2.54 bits per heavy atom. The molecule has 0 nitrogen and oxygen atoms in total. The smallest absolute Gasteiger partial charge is 0.0931 e. The van der Waals surface area contributed by atoms with Crippen molar-refractivity contribution in [1.82, 2.24) is 0 Å². The second-order valence-electron chi connectivity index (χ2n) is 4.34. The van der Waals surface area contributed by atoms with Crippen molar-refractivity contribution in [1.29, 1.82) is 0 Å². The Bertz CT molecular complexity index is 316. The molecule has 2 atom stereocenters. The predicted molar refractivity (Wildman–Crippen MR) is 59.8 cm³/mol. The van der Waals surface area contributed by atoms with E-state index in [1.54, 1.807) is 11.3 Å². The van der Waals surface area contributed by atoms with Gasteiger partial charge in [0, 0.05) is 4.88 Å². The van der Waals surface area contributed by atoms with E-state index in [0.29, 0.717) is 11.3 Å². The minimum atomic E-state index is 0.160. The Morgan fingerprint density at radius 2 is 2.15 bits per heavy atom. The van der Waals surface area contributed by atoms with Crippen molar-refractivity contribution in [3.05, 3.63) is 21.3 Å². The van der Waals surface area contributed by atoms with Gasteiger partial charge in [-0.3, -0.25) is 0 Å². The Kier molecular flexibility index (Phi) is 2.38. The zero-order valence-electron chi connectivity index (χ0n) is 7.68. The molecule has 1 aliphatic rings. The van der Waals surface area contributed by atoms with Gasteiger partial charge in [0.2, 0.25) is 0 Å². The average molecular weight is 235 g/mol. The van der Waals surface area contributed by atoms with Crippen molar-refractivity contribution in [2.45, 2.75) is 25.6 Å². The molecular formula is C10H12Cl2S. The van der Waals surface area contributed by atoms with E-state index in [4.69, 9.17) is 23.2 Å². The van der Waals surface area contributed by atoms with Gasteiger partial charge in [-0.25, -0.2) is 0 Å². The third-order valence-electron chi connectivity index (χ3n) is 2.81. The quantitative estimate of drug-likeness (QED) is 0.650. The summed E-state index contributed by atoms with van der Waals surface area (Å²) in [7, 11) is 0. The molecule has 0 bridgehead atoms. The largest absolute Gasteiger partial charge is 0.127 e. The molecule has 13 heavy (non-hydrogen) atoms. The molecule has 1 heterocycles. The summed E-state index contributed by atoms with van der Waals surface area (Å²) in [6.07, 6.45) is 1.23. The van der Waals surface area contributed by atoms with E-state index in [-0.39, 0.29) is 5.38 Å². The van der Waals surface area contributed by atoms with Crippen LogP contribution in [0.1, 0.15) is 30.5 Å². The highest BCUT2D eigenvalue weighted by molar-refractivity contribution is 7.16. The molecule has 72 valence electrons. The number of thiophene rings is 1. The van der Waals surface area contributed by atoms with Gasteiger partial charge in [0.05, 0.1) is 9.71 Å². The van der Waals surface area contributed by atoms with Crippen LogP contribution in [0.25, 0.3) is 0 Å². The number of rotatable bonds is 2. The maximum atomic E-state index is 6.35. The summed E-state index contributed by atoms with van der Waals surface area (Å²) in [6, 6.07) is 3.96. The van der Waals surface area contributed by atoms with Crippen LogP contribution in [0.4, 0.5) is 0 Å². The Morgan fingerprint density at radius 1 is 1.54 bits per heavy atom. The van der Waals surface area contributed by atoms with Crippen molar-refractivity contribution in [2.24, 2.45) is 11.3 Å². The van der Waals surface area contributed by atoms with Crippen LogP contribution in [0.2, 0.25) is 4.34 Å². The van der Waals surface area contributed by atoms with Crippen molar-refractivity contribution >= 4 is 34.5 Å². The molecule has 1 aliphatic carbocycles. The molecule has 0 N–H and O–H groups in total. The second-order valence-corrected chi connectivity index (χ2v) is 6.56. The maximum absolute atomic E-state index is 6.35. The summed E-state index contributed by atoms with van der Waals surface area (Å²) in [5.74, 6) is 0.629. The van der Waals surface area contributed by atoms with E-state index in [1.165, 1.54) is 11.3 Å². The molecule has 1 aromatic rings. The van der Waals surface area contributed by atoms with Crippen molar-refractivity contribution in [2.75, 3.05) is 0 Å². The molecule has 0 radical (unpaired) electrons. The van der Waals surface area contributed by atoms with Gasteiger partial charge in [-0.05, 0) is 29.9 Å². The van der Waals surface area contributed by atoms with Crippen LogP contribution in [0.5, 0.6) is 0 Å². The highest BCUT2D eigenvalue weighted by atomic mass is 35.5. The minimum Gasteiger partial charge on any atom is -0.127 e. The monoisotopic (exact) mass is 234 g/mol. The molecule has 3 heteroatoms. The Labute approximate surface area is 92.9 Å². The number of halogens is 2. The molecule has 0 saturated heterocycles. The number of hydrogen-bond donors (Lipinski definition) is 0. The van der Waals surface area contributed by atoms with Gasteiger partial charge >= 0.3 is 0 Å². The summed E-state index contributed by atoms with van der Waals surface area (Å²) in [4.78, 5) is 1.21. The van der Waals surface area contributed by atoms with E-state index in [0.717, 1.165) is 4.34 Å². The SMILES string of the molecule is CC1(C)CC1C(Cl)c1ccc(Cl)s1. The molecule has 0 spiro atoms. The van der Waals surface area contributed by atoms with Crippen LogP contribution in [0.3, 0.4) is 0 Å². The fourth-order valence-corrected chi connectivity index (χ4v) is 3.42. The first-order valence-electron chi connectivity index (χ1n) is 4.40.